The number of para-hydroxylation sites is 1. The number of pyridine rings is 1. The lowest BCUT2D eigenvalue weighted by Gasteiger charge is -2.14. The molecular weight excluding hydrogens is 258 g/mol. The topological polar surface area (TPSA) is 57.7 Å². The molecule has 106 valence electrons. The molecule has 0 fully saturated rings. The second-order valence-corrected chi connectivity index (χ2v) is 4.20. The highest BCUT2D eigenvalue weighted by Gasteiger charge is 2.19. The molecule has 5 nitrogen and oxygen atoms in total. The number of nitrogens with zero attached hydrogens (tertiary/aromatic N) is 1. The normalized spacial score (nSPS) is 10.6. The molecule has 0 aliphatic carbocycles. The lowest BCUT2D eigenvalue weighted by Crippen LogP contribution is -2.12. The van der Waals surface area contributed by atoms with E-state index in [1.54, 1.807) is 21.0 Å². The van der Waals surface area contributed by atoms with E-state index in [1.807, 2.05) is 24.3 Å². The van der Waals surface area contributed by atoms with E-state index >= 15 is 0 Å². The largest absolute Gasteiger partial charge is 0.466 e. The van der Waals surface area contributed by atoms with Crippen molar-refractivity contribution in [3.8, 4) is 5.75 Å². The van der Waals surface area contributed by atoms with Crippen molar-refractivity contribution in [3.63, 3.8) is 0 Å². The standard InChI is InChI=1S/C15H17NO4/c1-4-19-15(17)13-10(2)14(20-9-18-3)11-7-5-6-8-12(11)16-13/h5-8H,4,9H2,1-3H3. The number of fused-ring (bicyclic) bond motifs is 1. The number of benzene rings is 1. The molecule has 0 atom stereocenters. The van der Waals surface area contributed by atoms with Crippen LogP contribution in [0.4, 0.5) is 0 Å². The van der Waals surface area contributed by atoms with Crippen LogP contribution < -0.4 is 4.74 Å². The number of carbonyl (C=O) groups excluding carboxylic acids is 1. The Morgan fingerprint density at radius 1 is 1.30 bits per heavy atom. The summed E-state index contributed by atoms with van der Waals surface area (Å²) in [6.45, 7) is 3.96. The van der Waals surface area contributed by atoms with Crippen LogP contribution in [0.5, 0.6) is 5.75 Å². The van der Waals surface area contributed by atoms with Crippen molar-refractivity contribution in [2.75, 3.05) is 20.5 Å². The number of hydrogen-bond acceptors (Lipinski definition) is 5. The summed E-state index contributed by atoms with van der Waals surface area (Å²) < 4.78 is 15.6. The van der Waals surface area contributed by atoms with E-state index in [1.165, 1.54) is 0 Å². The molecule has 0 saturated carbocycles. The molecule has 0 unspecified atom stereocenters. The van der Waals surface area contributed by atoms with Crippen LogP contribution in [0.2, 0.25) is 0 Å². The first-order valence-corrected chi connectivity index (χ1v) is 6.37. The van der Waals surface area contributed by atoms with Crippen molar-refractivity contribution in [1.29, 1.82) is 0 Å². The molecule has 0 amide bonds. The Morgan fingerprint density at radius 2 is 2.05 bits per heavy atom. The van der Waals surface area contributed by atoms with Gasteiger partial charge in [-0.1, -0.05) is 12.1 Å². The third-order valence-electron chi connectivity index (χ3n) is 2.87. The number of esters is 1. The maximum absolute atomic E-state index is 12.0. The van der Waals surface area contributed by atoms with E-state index in [0.29, 0.717) is 23.4 Å². The molecule has 20 heavy (non-hydrogen) atoms. The van der Waals surface area contributed by atoms with Gasteiger partial charge >= 0.3 is 5.97 Å². The Hall–Kier alpha value is -2.14. The van der Waals surface area contributed by atoms with Gasteiger partial charge in [0.05, 0.1) is 12.1 Å². The third kappa shape index (κ3) is 2.72. The van der Waals surface area contributed by atoms with Gasteiger partial charge in [0.1, 0.15) is 5.75 Å². The number of aromatic nitrogens is 1. The maximum Gasteiger partial charge on any atom is 0.357 e. The minimum atomic E-state index is -0.446. The van der Waals surface area contributed by atoms with Crippen LogP contribution in [-0.2, 0) is 9.47 Å². The minimum Gasteiger partial charge on any atom is -0.466 e. The van der Waals surface area contributed by atoms with Gasteiger partial charge < -0.3 is 14.2 Å². The third-order valence-corrected chi connectivity index (χ3v) is 2.87. The molecule has 1 heterocycles. The molecule has 0 spiro atoms. The van der Waals surface area contributed by atoms with E-state index in [4.69, 9.17) is 14.2 Å². The molecule has 0 bridgehead atoms. The molecule has 5 heteroatoms. The van der Waals surface area contributed by atoms with E-state index in [2.05, 4.69) is 4.98 Å². The highest BCUT2D eigenvalue weighted by molar-refractivity contribution is 5.96. The van der Waals surface area contributed by atoms with Gasteiger partial charge in [0.25, 0.3) is 0 Å². The molecular formula is C15H17NO4. The molecule has 0 N–H and O–H groups in total. The van der Waals surface area contributed by atoms with Crippen molar-refractivity contribution >= 4 is 16.9 Å². The predicted octanol–water partition coefficient (Wildman–Crippen LogP) is 2.70. The zero-order valence-electron chi connectivity index (χ0n) is 11.8. The summed E-state index contributed by atoms with van der Waals surface area (Å²) in [4.78, 5) is 16.3. The molecule has 0 saturated heterocycles. The van der Waals surface area contributed by atoms with Crippen LogP contribution in [0.3, 0.4) is 0 Å². The Kier molecular flexibility index (Phi) is 4.53. The zero-order valence-corrected chi connectivity index (χ0v) is 11.8. The average Bonchev–Trinajstić information content (AvgIpc) is 2.46. The molecule has 0 radical (unpaired) electrons. The SMILES string of the molecule is CCOC(=O)c1nc2ccccc2c(OCOC)c1C. The van der Waals surface area contributed by atoms with Crippen LogP contribution in [0.15, 0.2) is 24.3 Å². The first-order valence-electron chi connectivity index (χ1n) is 6.37. The summed E-state index contributed by atoms with van der Waals surface area (Å²) in [6, 6.07) is 7.49. The fourth-order valence-corrected chi connectivity index (χ4v) is 1.98. The van der Waals surface area contributed by atoms with Gasteiger partial charge in [-0.3, -0.25) is 0 Å². The average molecular weight is 275 g/mol. The second kappa shape index (κ2) is 6.34. The molecule has 0 aliphatic rings. The van der Waals surface area contributed by atoms with E-state index in [9.17, 15) is 4.79 Å². The summed E-state index contributed by atoms with van der Waals surface area (Å²) in [5, 5.41) is 0.843. The number of ether oxygens (including phenoxy) is 3. The second-order valence-electron chi connectivity index (χ2n) is 4.20. The Labute approximate surface area is 117 Å². The van der Waals surface area contributed by atoms with Crippen molar-refractivity contribution in [2.45, 2.75) is 13.8 Å². The Bertz CT molecular complexity index is 625. The summed E-state index contributed by atoms with van der Waals surface area (Å²) in [5.74, 6) is 0.151. The molecule has 1 aromatic heterocycles. The smallest absolute Gasteiger partial charge is 0.357 e. The highest BCUT2D eigenvalue weighted by Crippen LogP contribution is 2.30. The summed E-state index contributed by atoms with van der Waals surface area (Å²) >= 11 is 0. The first-order chi connectivity index (χ1) is 9.69. The van der Waals surface area contributed by atoms with Gasteiger partial charge in [-0.15, -0.1) is 0 Å². The van der Waals surface area contributed by atoms with Crippen molar-refractivity contribution < 1.29 is 19.0 Å². The zero-order chi connectivity index (χ0) is 14.5. The van der Waals surface area contributed by atoms with Crippen LogP contribution >= 0.6 is 0 Å². The van der Waals surface area contributed by atoms with E-state index in [-0.39, 0.29) is 12.5 Å². The first kappa shape index (κ1) is 14.3. The van der Waals surface area contributed by atoms with Crippen molar-refractivity contribution in [2.24, 2.45) is 0 Å². The number of hydrogen-bond donors (Lipinski definition) is 0. The van der Waals surface area contributed by atoms with Gasteiger partial charge in [0, 0.05) is 18.1 Å². The van der Waals surface area contributed by atoms with Gasteiger partial charge in [0.15, 0.2) is 12.5 Å². The Balaban J connectivity index is 2.59. The highest BCUT2D eigenvalue weighted by atomic mass is 16.7. The number of carbonyl (C=O) groups is 1. The minimum absolute atomic E-state index is 0.108. The fourth-order valence-electron chi connectivity index (χ4n) is 1.98. The molecule has 0 aliphatic heterocycles. The van der Waals surface area contributed by atoms with Crippen LogP contribution in [-0.4, -0.2) is 31.5 Å². The van der Waals surface area contributed by atoms with Gasteiger partial charge in [0.2, 0.25) is 0 Å². The number of rotatable bonds is 5. The lowest BCUT2D eigenvalue weighted by atomic mass is 10.1. The van der Waals surface area contributed by atoms with Crippen LogP contribution in [0.1, 0.15) is 23.0 Å². The fraction of sp³-hybridized carbons (Fsp3) is 0.333. The van der Waals surface area contributed by atoms with Crippen LogP contribution in [0, 0.1) is 6.92 Å². The summed E-state index contributed by atoms with van der Waals surface area (Å²) in [6.07, 6.45) is 0. The molecule has 2 rings (SSSR count). The predicted molar refractivity (Wildman–Crippen MR) is 74.9 cm³/mol. The van der Waals surface area contributed by atoms with Gasteiger partial charge in [-0.2, -0.15) is 0 Å². The molecule has 2 aromatic rings. The lowest BCUT2D eigenvalue weighted by molar-refractivity contribution is 0.0487. The van der Waals surface area contributed by atoms with Crippen molar-refractivity contribution in [3.05, 3.63) is 35.5 Å². The van der Waals surface area contributed by atoms with Gasteiger partial charge in [-0.25, -0.2) is 9.78 Å². The quantitative estimate of drug-likeness (QED) is 0.620. The van der Waals surface area contributed by atoms with Gasteiger partial charge in [-0.05, 0) is 26.0 Å². The van der Waals surface area contributed by atoms with Crippen LogP contribution in [0.25, 0.3) is 10.9 Å². The maximum atomic E-state index is 12.0. The van der Waals surface area contributed by atoms with E-state index < -0.39 is 5.97 Å². The number of methoxy groups -OCH3 is 1. The van der Waals surface area contributed by atoms with Crippen molar-refractivity contribution in [1.82, 2.24) is 4.98 Å². The van der Waals surface area contributed by atoms with E-state index in [0.717, 1.165) is 5.39 Å². The Morgan fingerprint density at radius 3 is 2.75 bits per heavy atom. The monoisotopic (exact) mass is 275 g/mol. The summed E-state index contributed by atoms with van der Waals surface area (Å²) in [7, 11) is 1.55. The summed E-state index contributed by atoms with van der Waals surface area (Å²) in [5.41, 5.74) is 1.61. The molecule has 1 aromatic carbocycles.